The van der Waals surface area contributed by atoms with Crippen molar-refractivity contribution in [2.45, 2.75) is 13.8 Å². The lowest BCUT2D eigenvalue weighted by Gasteiger charge is -2.12. The Hall–Kier alpha value is -3.08. The van der Waals surface area contributed by atoms with Crippen molar-refractivity contribution in [1.29, 1.82) is 0 Å². The maximum absolute atomic E-state index is 13.5. The minimum atomic E-state index is -0.608. The van der Waals surface area contributed by atoms with E-state index < -0.39 is 11.7 Å². The van der Waals surface area contributed by atoms with Crippen molar-refractivity contribution < 1.29 is 9.18 Å². The molecule has 0 atom stereocenters. The third-order valence-corrected chi connectivity index (χ3v) is 3.76. The number of carbonyl (C=O) groups excluding carboxylic acids is 1. The van der Waals surface area contributed by atoms with E-state index in [9.17, 15) is 9.18 Å². The van der Waals surface area contributed by atoms with Gasteiger partial charge >= 0.3 is 0 Å². The van der Waals surface area contributed by atoms with Gasteiger partial charge in [-0.05, 0) is 43.7 Å². The van der Waals surface area contributed by atoms with Gasteiger partial charge in [-0.25, -0.2) is 4.39 Å². The summed E-state index contributed by atoms with van der Waals surface area (Å²) in [4.78, 5) is 20.6. The highest BCUT2D eigenvalue weighted by Crippen LogP contribution is 2.29. The van der Waals surface area contributed by atoms with Gasteiger partial charge in [-0.3, -0.25) is 14.8 Å². The molecule has 0 radical (unpaired) electrons. The normalized spacial score (nSPS) is 10.6. The summed E-state index contributed by atoms with van der Waals surface area (Å²) in [6.07, 6.45) is 3.46. The van der Waals surface area contributed by atoms with Crippen LogP contribution in [0.5, 0.6) is 0 Å². The molecule has 0 spiro atoms. The molecule has 0 bridgehead atoms. The molecular weight excluding hydrogens is 305 g/mol. The zero-order valence-corrected chi connectivity index (χ0v) is 13.4. The van der Waals surface area contributed by atoms with Gasteiger partial charge in [0.15, 0.2) is 0 Å². The van der Waals surface area contributed by atoms with Crippen molar-refractivity contribution in [1.82, 2.24) is 9.97 Å². The molecule has 120 valence electrons. The minimum Gasteiger partial charge on any atom is -0.366 e. The summed E-state index contributed by atoms with van der Waals surface area (Å²) < 4.78 is 13.5. The Morgan fingerprint density at radius 3 is 2.54 bits per heavy atom. The van der Waals surface area contributed by atoms with Crippen LogP contribution in [0.1, 0.15) is 21.6 Å². The van der Waals surface area contributed by atoms with E-state index in [4.69, 9.17) is 5.73 Å². The van der Waals surface area contributed by atoms with E-state index in [-0.39, 0.29) is 5.56 Å². The van der Waals surface area contributed by atoms with Crippen molar-refractivity contribution in [2.75, 3.05) is 0 Å². The molecule has 3 aromatic rings. The summed E-state index contributed by atoms with van der Waals surface area (Å²) in [6.45, 7) is 3.78. The van der Waals surface area contributed by atoms with Gasteiger partial charge in [0.2, 0.25) is 0 Å². The van der Waals surface area contributed by atoms with Gasteiger partial charge in [-0.15, -0.1) is 0 Å². The fraction of sp³-hybridized carbons (Fsp3) is 0.105. The van der Waals surface area contributed by atoms with E-state index in [1.807, 2.05) is 19.9 Å². The Bertz CT molecular complexity index is 938. The molecule has 24 heavy (non-hydrogen) atoms. The highest BCUT2D eigenvalue weighted by Gasteiger charge is 2.16. The lowest BCUT2D eigenvalue weighted by Crippen LogP contribution is -2.14. The molecule has 0 unspecified atom stereocenters. The van der Waals surface area contributed by atoms with Gasteiger partial charge in [-0.1, -0.05) is 12.1 Å². The summed E-state index contributed by atoms with van der Waals surface area (Å²) in [5, 5.41) is 0. The highest BCUT2D eigenvalue weighted by molar-refractivity contribution is 6.00. The summed E-state index contributed by atoms with van der Waals surface area (Å²) in [5.41, 5.74) is 10.0. The predicted octanol–water partition coefficient (Wildman–Crippen LogP) is 3.67. The van der Waals surface area contributed by atoms with E-state index in [1.165, 1.54) is 12.1 Å². The van der Waals surface area contributed by atoms with Gasteiger partial charge in [0.25, 0.3) is 5.91 Å². The molecule has 0 aliphatic heterocycles. The molecule has 1 amide bonds. The van der Waals surface area contributed by atoms with Gasteiger partial charge < -0.3 is 5.73 Å². The molecule has 0 aliphatic rings. The maximum atomic E-state index is 13.5. The van der Waals surface area contributed by atoms with Crippen LogP contribution >= 0.6 is 0 Å². The number of aromatic nitrogens is 2. The molecule has 2 heterocycles. The quantitative estimate of drug-likeness (QED) is 0.800. The van der Waals surface area contributed by atoms with E-state index in [2.05, 4.69) is 9.97 Å². The molecule has 5 heteroatoms. The number of benzene rings is 1. The third kappa shape index (κ3) is 3.01. The minimum absolute atomic E-state index is 0.253. The summed E-state index contributed by atoms with van der Waals surface area (Å²) >= 11 is 0. The number of amides is 1. The van der Waals surface area contributed by atoms with Crippen molar-refractivity contribution >= 4 is 5.91 Å². The number of pyridine rings is 2. The van der Waals surface area contributed by atoms with E-state index in [0.29, 0.717) is 17.0 Å². The number of rotatable bonds is 3. The van der Waals surface area contributed by atoms with Gasteiger partial charge in [0.05, 0.1) is 11.3 Å². The molecule has 3 rings (SSSR count). The molecule has 2 N–H and O–H groups in total. The molecule has 0 fully saturated rings. The Balaban J connectivity index is 2.23. The number of hydrogen-bond acceptors (Lipinski definition) is 3. The SMILES string of the molecule is Cc1cncc(-c2cc(C(N)=O)c(-c3cccc(F)c3)nc2C)c1. The molecular formula is C19H16FN3O. The average molecular weight is 321 g/mol. The molecule has 2 aromatic heterocycles. The second-order valence-corrected chi connectivity index (χ2v) is 5.64. The van der Waals surface area contributed by atoms with E-state index in [1.54, 1.807) is 30.6 Å². The second kappa shape index (κ2) is 6.20. The van der Waals surface area contributed by atoms with Gasteiger partial charge in [0.1, 0.15) is 5.82 Å². The van der Waals surface area contributed by atoms with Crippen LogP contribution < -0.4 is 5.73 Å². The second-order valence-electron chi connectivity index (χ2n) is 5.64. The van der Waals surface area contributed by atoms with E-state index in [0.717, 1.165) is 16.7 Å². The molecule has 4 nitrogen and oxygen atoms in total. The van der Waals surface area contributed by atoms with Crippen LogP contribution in [0.25, 0.3) is 22.4 Å². The number of halogens is 1. The first-order chi connectivity index (χ1) is 11.5. The standard InChI is InChI=1S/C19H16FN3O/c1-11-6-14(10-22-9-11)16-8-17(19(21)24)18(23-12(16)2)13-4-3-5-15(20)7-13/h3-10H,1-2H3,(H2,21,24). The molecule has 0 saturated carbocycles. The summed E-state index contributed by atoms with van der Waals surface area (Å²) in [5.74, 6) is -1.00. The largest absolute Gasteiger partial charge is 0.366 e. The number of nitrogens with zero attached hydrogens (tertiary/aromatic N) is 2. The number of primary amides is 1. The van der Waals surface area contributed by atoms with Crippen molar-refractivity contribution in [3.63, 3.8) is 0 Å². The van der Waals surface area contributed by atoms with Crippen LogP contribution in [0, 0.1) is 19.7 Å². The van der Waals surface area contributed by atoms with Crippen LogP contribution in [-0.4, -0.2) is 15.9 Å². The molecule has 0 aliphatic carbocycles. The smallest absolute Gasteiger partial charge is 0.250 e. The molecule has 1 aromatic carbocycles. The van der Waals surface area contributed by atoms with Crippen molar-refractivity contribution in [3.05, 3.63) is 71.4 Å². The first kappa shape index (κ1) is 15.8. The van der Waals surface area contributed by atoms with Gasteiger partial charge in [0, 0.05) is 34.8 Å². The van der Waals surface area contributed by atoms with E-state index >= 15 is 0 Å². The Labute approximate surface area is 139 Å². The summed E-state index contributed by atoms with van der Waals surface area (Å²) in [7, 11) is 0. The number of nitrogens with two attached hydrogens (primary N) is 1. The molecule has 0 saturated heterocycles. The van der Waals surface area contributed by atoms with Crippen LogP contribution in [0.15, 0.2) is 48.8 Å². The number of aryl methyl sites for hydroxylation is 2. The van der Waals surface area contributed by atoms with Crippen molar-refractivity contribution in [3.8, 4) is 22.4 Å². The number of carbonyl (C=O) groups is 1. The van der Waals surface area contributed by atoms with Crippen molar-refractivity contribution in [2.24, 2.45) is 5.73 Å². The monoisotopic (exact) mass is 321 g/mol. The first-order valence-corrected chi connectivity index (χ1v) is 7.45. The van der Waals surface area contributed by atoms with Gasteiger partial charge in [-0.2, -0.15) is 0 Å². The van der Waals surface area contributed by atoms with Crippen LogP contribution in [0.2, 0.25) is 0 Å². The lowest BCUT2D eigenvalue weighted by atomic mass is 9.98. The van der Waals surface area contributed by atoms with Crippen LogP contribution in [-0.2, 0) is 0 Å². The lowest BCUT2D eigenvalue weighted by molar-refractivity contribution is 0.100. The van der Waals surface area contributed by atoms with Crippen LogP contribution in [0.4, 0.5) is 4.39 Å². The Morgan fingerprint density at radius 1 is 1.08 bits per heavy atom. The number of hydrogen-bond donors (Lipinski definition) is 1. The third-order valence-electron chi connectivity index (χ3n) is 3.76. The zero-order valence-electron chi connectivity index (χ0n) is 13.4. The fourth-order valence-electron chi connectivity index (χ4n) is 2.64. The highest BCUT2D eigenvalue weighted by atomic mass is 19.1. The maximum Gasteiger partial charge on any atom is 0.250 e. The fourth-order valence-corrected chi connectivity index (χ4v) is 2.64. The zero-order chi connectivity index (χ0) is 17.3. The first-order valence-electron chi connectivity index (χ1n) is 7.45. The Morgan fingerprint density at radius 2 is 1.88 bits per heavy atom. The topological polar surface area (TPSA) is 68.9 Å². The summed E-state index contributed by atoms with van der Waals surface area (Å²) in [6, 6.07) is 9.61. The Kier molecular flexibility index (Phi) is 4.08. The predicted molar refractivity (Wildman–Crippen MR) is 90.9 cm³/mol. The van der Waals surface area contributed by atoms with Crippen LogP contribution in [0.3, 0.4) is 0 Å². The average Bonchev–Trinajstić information content (AvgIpc) is 2.54.